The molecule has 2 aromatic rings. The van der Waals surface area contributed by atoms with Crippen LogP contribution in [0, 0.1) is 5.41 Å². The van der Waals surface area contributed by atoms with E-state index in [9.17, 15) is 0 Å². The maximum atomic E-state index is 2.40. The first-order valence-corrected chi connectivity index (χ1v) is 9.11. The van der Waals surface area contributed by atoms with Crippen LogP contribution >= 0.6 is 0 Å². The van der Waals surface area contributed by atoms with Crippen LogP contribution in [0.25, 0.3) is 0 Å². The second kappa shape index (κ2) is 8.91. The fourth-order valence-electron chi connectivity index (χ4n) is 3.58. The molecule has 0 saturated heterocycles. The third kappa shape index (κ3) is 4.05. The SMILES string of the molecule is CCC.CCC(C)(C)C(CC)(c1ccccc1)c1ccccc1. The summed E-state index contributed by atoms with van der Waals surface area (Å²) in [5, 5.41) is 0. The molecule has 0 aliphatic rings. The Kier molecular flexibility index (Phi) is 7.55. The van der Waals surface area contributed by atoms with Gasteiger partial charge in [-0.1, -0.05) is 109 Å². The van der Waals surface area contributed by atoms with Crippen molar-refractivity contribution < 1.29 is 0 Å². The topological polar surface area (TPSA) is 0 Å². The summed E-state index contributed by atoms with van der Waals surface area (Å²) in [6, 6.07) is 22.0. The maximum Gasteiger partial charge on any atom is 0.0251 e. The molecule has 0 atom stereocenters. The zero-order valence-corrected chi connectivity index (χ0v) is 15.9. The van der Waals surface area contributed by atoms with Crippen LogP contribution in [0.4, 0.5) is 0 Å². The van der Waals surface area contributed by atoms with E-state index >= 15 is 0 Å². The average molecular weight is 311 g/mol. The predicted octanol–water partition coefficient (Wildman–Crippen LogP) is 7.24. The Hall–Kier alpha value is -1.56. The minimum Gasteiger partial charge on any atom is -0.0656 e. The van der Waals surface area contributed by atoms with Crippen LogP contribution in [-0.4, -0.2) is 0 Å². The summed E-state index contributed by atoms with van der Waals surface area (Å²) in [4.78, 5) is 0. The fraction of sp³-hybridized carbons (Fsp3) is 0.478. The number of rotatable bonds is 5. The van der Waals surface area contributed by atoms with E-state index in [1.54, 1.807) is 0 Å². The van der Waals surface area contributed by atoms with Crippen molar-refractivity contribution in [1.29, 1.82) is 0 Å². The summed E-state index contributed by atoms with van der Waals surface area (Å²) in [6.45, 7) is 13.7. The average Bonchev–Trinajstić information content (AvgIpc) is 2.58. The first-order chi connectivity index (χ1) is 11.0. The first-order valence-electron chi connectivity index (χ1n) is 9.11. The molecule has 0 radical (unpaired) electrons. The zero-order valence-electron chi connectivity index (χ0n) is 15.9. The molecule has 0 saturated carbocycles. The molecule has 0 heteroatoms. The van der Waals surface area contributed by atoms with E-state index in [1.165, 1.54) is 17.5 Å². The Bertz CT molecular complexity index is 497. The summed E-state index contributed by atoms with van der Waals surface area (Å²) < 4.78 is 0. The molecule has 0 amide bonds. The molecular weight excluding hydrogens is 276 g/mol. The molecule has 2 aromatic carbocycles. The van der Waals surface area contributed by atoms with Crippen LogP contribution in [-0.2, 0) is 5.41 Å². The van der Waals surface area contributed by atoms with Gasteiger partial charge >= 0.3 is 0 Å². The smallest absolute Gasteiger partial charge is 0.0251 e. The highest BCUT2D eigenvalue weighted by atomic mass is 14.5. The third-order valence-electron chi connectivity index (χ3n) is 5.10. The molecule has 0 bridgehead atoms. The molecule has 0 nitrogen and oxygen atoms in total. The molecule has 0 aromatic heterocycles. The number of hydrogen-bond acceptors (Lipinski definition) is 0. The van der Waals surface area contributed by atoms with E-state index < -0.39 is 0 Å². The highest BCUT2D eigenvalue weighted by Crippen LogP contribution is 2.51. The summed E-state index contributed by atoms with van der Waals surface area (Å²) in [6.07, 6.45) is 3.52. The van der Waals surface area contributed by atoms with Gasteiger partial charge in [-0.15, -0.1) is 0 Å². The van der Waals surface area contributed by atoms with Crippen molar-refractivity contribution in [2.45, 2.75) is 66.2 Å². The minimum atomic E-state index is 0.0737. The lowest BCUT2D eigenvalue weighted by molar-refractivity contribution is 0.185. The van der Waals surface area contributed by atoms with E-state index in [4.69, 9.17) is 0 Å². The Balaban J connectivity index is 0.000000816. The number of hydrogen-bond donors (Lipinski definition) is 0. The maximum absolute atomic E-state index is 2.40. The highest BCUT2D eigenvalue weighted by molar-refractivity contribution is 5.41. The van der Waals surface area contributed by atoms with Crippen molar-refractivity contribution >= 4 is 0 Å². The van der Waals surface area contributed by atoms with Gasteiger partial charge < -0.3 is 0 Å². The van der Waals surface area contributed by atoms with E-state index in [0.717, 1.165) is 12.8 Å². The van der Waals surface area contributed by atoms with Gasteiger partial charge in [0, 0.05) is 5.41 Å². The molecule has 0 fully saturated rings. The van der Waals surface area contributed by atoms with Crippen molar-refractivity contribution in [2.75, 3.05) is 0 Å². The molecule has 0 N–H and O–H groups in total. The zero-order chi connectivity index (χ0) is 17.3. The van der Waals surface area contributed by atoms with Crippen molar-refractivity contribution in [1.82, 2.24) is 0 Å². The van der Waals surface area contributed by atoms with Crippen LogP contribution < -0.4 is 0 Å². The largest absolute Gasteiger partial charge is 0.0656 e. The van der Waals surface area contributed by atoms with E-state index in [-0.39, 0.29) is 10.8 Å². The van der Waals surface area contributed by atoms with Gasteiger partial charge in [0.1, 0.15) is 0 Å². The van der Waals surface area contributed by atoms with E-state index in [0.29, 0.717) is 0 Å². The molecule has 0 aliphatic carbocycles. The van der Waals surface area contributed by atoms with Crippen LogP contribution in [0.15, 0.2) is 60.7 Å². The number of benzene rings is 2. The van der Waals surface area contributed by atoms with Crippen LogP contribution in [0.1, 0.15) is 71.9 Å². The van der Waals surface area contributed by atoms with Gasteiger partial charge in [0.25, 0.3) is 0 Å². The normalized spacial score (nSPS) is 11.6. The molecule has 0 spiro atoms. The van der Waals surface area contributed by atoms with Gasteiger partial charge in [0.2, 0.25) is 0 Å². The standard InChI is InChI=1S/C20H26.C3H8/c1-5-19(3,4)20(6-2,17-13-9-7-10-14-17)18-15-11-8-12-16-18;1-3-2/h7-16H,5-6H2,1-4H3;3H2,1-2H3. The predicted molar refractivity (Wildman–Crippen MR) is 104 cm³/mol. The van der Waals surface area contributed by atoms with Crippen LogP contribution in [0.2, 0.25) is 0 Å². The van der Waals surface area contributed by atoms with Gasteiger partial charge in [0.15, 0.2) is 0 Å². The lowest BCUT2D eigenvalue weighted by Crippen LogP contribution is -2.42. The van der Waals surface area contributed by atoms with Crippen LogP contribution in [0.5, 0.6) is 0 Å². The minimum absolute atomic E-state index is 0.0737. The molecule has 23 heavy (non-hydrogen) atoms. The Morgan fingerprint density at radius 1 is 0.609 bits per heavy atom. The lowest BCUT2D eigenvalue weighted by atomic mass is 9.56. The van der Waals surface area contributed by atoms with Crippen molar-refractivity contribution in [3.8, 4) is 0 Å². The molecule has 2 rings (SSSR count). The first kappa shape index (κ1) is 19.5. The Labute approximate surface area is 144 Å². The summed E-state index contributed by atoms with van der Waals surface area (Å²) >= 11 is 0. The molecule has 0 unspecified atom stereocenters. The monoisotopic (exact) mass is 310 g/mol. The van der Waals surface area contributed by atoms with E-state index in [2.05, 4.69) is 102 Å². The summed E-state index contributed by atoms with van der Waals surface area (Å²) in [5.41, 5.74) is 3.15. The Morgan fingerprint density at radius 3 is 1.22 bits per heavy atom. The van der Waals surface area contributed by atoms with Gasteiger partial charge in [-0.25, -0.2) is 0 Å². The summed E-state index contributed by atoms with van der Waals surface area (Å²) in [7, 11) is 0. The fourth-order valence-corrected chi connectivity index (χ4v) is 3.58. The molecule has 0 heterocycles. The molecule has 0 aliphatic heterocycles. The molecular formula is C23H34. The van der Waals surface area contributed by atoms with Gasteiger partial charge in [-0.2, -0.15) is 0 Å². The van der Waals surface area contributed by atoms with Gasteiger partial charge in [0.05, 0.1) is 0 Å². The molecule has 126 valence electrons. The lowest BCUT2D eigenvalue weighted by Gasteiger charge is -2.47. The van der Waals surface area contributed by atoms with Crippen LogP contribution in [0.3, 0.4) is 0 Å². The van der Waals surface area contributed by atoms with Crippen molar-refractivity contribution in [2.24, 2.45) is 5.41 Å². The second-order valence-corrected chi connectivity index (χ2v) is 6.94. The second-order valence-electron chi connectivity index (χ2n) is 6.94. The highest BCUT2D eigenvalue weighted by Gasteiger charge is 2.44. The van der Waals surface area contributed by atoms with Gasteiger partial charge in [-0.3, -0.25) is 0 Å². The Morgan fingerprint density at radius 2 is 0.957 bits per heavy atom. The van der Waals surface area contributed by atoms with E-state index in [1.807, 2.05) is 0 Å². The third-order valence-corrected chi connectivity index (χ3v) is 5.10. The van der Waals surface area contributed by atoms with Gasteiger partial charge in [-0.05, 0) is 29.4 Å². The summed E-state index contributed by atoms with van der Waals surface area (Å²) in [5.74, 6) is 0. The quantitative estimate of drug-likeness (QED) is 0.546. The van der Waals surface area contributed by atoms with Crippen molar-refractivity contribution in [3.05, 3.63) is 71.8 Å². The van der Waals surface area contributed by atoms with Crippen molar-refractivity contribution in [3.63, 3.8) is 0 Å².